The fraction of sp³-hybridized carbons (Fsp3) is 0.300. The van der Waals surface area contributed by atoms with Gasteiger partial charge in [-0.1, -0.05) is 29.9 Å². The molecular formula is C10H10ClNO. The summed E-state index contributed by atoms with van der Waals surface area (Å²) in [4.78, 5) is 11.3. The van der Waals surface area contributed by atoms with Crippen molar-refractivity contribution in [3.8, 4) is 0 Å². The van der Waals surface area contributed by atoms with Gasteiger partial charge in [-0.2, -0.15) is 0 Å². The van der Waals surface area contributed by atoms with Gasteiger partial charge in [0.1, 0.15) is 0 Å². The lowest BCUT2D eigenvalue weighted by Crippen LogP contribution is -2.38. The number of amides is 1. The average molecular weight is 196 g/mol. The SMILES string of the molecule is Cl.O=C1NC2C=CC=CC2=C2CC12. The minimum Gasteiger partial charge on any atom is -0.345 e. The van der Waals surface area contributed by atoms with E-state index in [9.17, 15) is 4.79 Å². The summed E-state index contributed by atoms with van der Waals surface area (Å²) in [5, 5.41) is 2.97. The minimum absolute atomic E-state index is 0. The van der Waals surface area contributed by atoms with Crippen LogP contribution in [-0.4, -0.2) is 11.9 Å². The third kappa shape index (κ3) is 1.13. The number of hydrogen-bond acceptors (Lipinski definition) is 1. The molecular weight excluding hydrogens is 186 g/mol. The summed E-state index contributed by atoms with van der Waals surface area (Å²) in [5.74, 6) is 0.422. The van der Waals surface area contributed by atoms with Gasteiger partial charge in [-0.3, -0.25) is 4.79 Å². The molecule has 2 atom stereocenters. The van der Waals surface area contributed by atoms with E-state index in [1.54, 1.807) is 0 Å². The van der Waals surface area contributed by atoms with Gasteiger partial charge >= 0.3 is 0 Å². The van der Waals surface area contributed by atoms with Crippen LogP contribution in [0.2, 0.25) is 0 Å². The summed E-state index contributed by atoms with van der Waals surface area (Å²) in [7, 11) is 0. The lowest BCUT2D eigenvalue weighted by atomic mass is 9.97. The molecule has 3 heteroatoms. The molecule has 0 spiro atoms. The van der Waals surface area contributed by atoms with Crippen molar-refractivity contribution in [2.75, 3.05) is 0 Å². The molecule has 0 bridgehead atoms. The molecule has 0 saturated heterocycles. The van der Waals surface area contributed by atoms with Gasteiger partial charge in [-0.05, 0) is 12.0 Å². The van der Waals surface area contributed by atoms with E-state index in [2.05, 4.69) is 11.4 Å². The van der Waals surface area contributed by atoms with E-state index in [4.69, 9.17) is 0 Å². The summed E-state index contributed by atoms with van der Waals surface area (Å²) in [6, 6.07) is 0.163. The zero-order valence-electron chi connectivity index (χ0n) is 6.99. The van der Waals surface area contributed by atoms with Gasteiger partial charge in [0.15, 0.2) is 0 Å². The van der Waals surface area contributed by atoms with Gasteiger partial charge in [0.25, 0.3) is 0 Å². The third-order valence-electron chi connectivity index (χ3n) is 2.70. The zero-order chi connectivity index (χ0) is 8.13. The van der Waals surface area contributed by atoms with Crippen LogP contribution in [0.5, 0.6) is 0 Å². The molecule has 2 nitrogen and oxygen atoms in total. The lowest BCUT2D eigenvalue weighted by Gasteiger charge is -2.21. The summed E-state index contributed by atoms with van der Waals surface area (Å²) >= 11 is 0. The second-order valence-corrected chi connectivity index (χ2v) is 3.47. The molecule has 0 aromatic heterocycles. The first-order valence-electron chi connectivity index (χ1n) is 4.24. The van der Waals surface area contributed by atoms with E-state index in [0.29, 0.717) is 0 Å². The molecule has 0 radical (unpaired) electrons. The number of carbonyl (C=O) groups excluding carboxylic acids is 1. The Hall–Kier alpha value is -1.02. The van der Waals surface area contributed by atoms with Gasteiger partial charge in [0.2, 0.25) is 5.91 Å². The van der Waals surface area contributed by atoms with Crippen LogP contribution >= 0.6 is 12.4 Å². The van der Waals surface area contributed by atoms with Gasteiger partial charge in [-0.25, -0.2) is 0 Å². The molecule has 2 unspecified atom stereocenters. The predicted molar refractivity (Wildman–Crippen MR) is 52.6 cm³/mol. The van der Waals surface area contributed by atoms with Crippen molar-refractivity contribution < 1.29 is 4.79 Å². The van der Waals surface area contributed by atoms with Crippen LogP contribution < -0.4 is 5.32 Å². The Morgan fingerprint density at radius 1 is 1.38 bits per heavy atom. The van der Waals surface area contributed by atoms with Crippen molar-refractivity contribution >= 4 is 18.3 Å². The van der Waals surface area contributed by atoms with E-state index in [1.165, 1.54) is 11.1 Å². The molecule has 0 aromatic carbocycles. The quantitative estimate of drug-likeness (QED) is 0.621. The molecule has 1 heterocycles. The number of halogens is 1. The Morgan fingerprint density at radius 3 is 3.08 bits per heavy atom. The highest BCUT2D eigenvalue weighted by Crippen LogP contribution is 2.45. The highest BCUT2D eigenvalue weighted by Gasteiger charge is 2.44. The number of nitrogens with one attached hydrogen (secondary N) is 1. The van der Waals surface area contributed by atoms with Crippen molar-refractivity contribution in [3.63, 3.8) is 0 Å². The number of rotatable bonds is 0. The third-order valence-corrected chi connectivity index (χ3v) is 2.70. The number of hydrogen-bond donors (Lipinski definition) is 1. The second kappa shape index (κ2) is 2.74. The van der Waals surface area contributed by atoms with Crippen LogP contribution in [0.4, 0.5) is 0 Å². The molecule has 68 valence electrons. The van der Waals surface area contributed by atoms with E-state index in [-0.39, 0.29) is 30.3 Å². The maximum atomic E-state index is 11.3. The zero-order valence-corrected chi connectivity index (χ0v) is 7.80. The minimum atomic E-state index is 0. The molecule has 3 rings (SSSR count). The molecule has 3 aliphatic rings. The van der Waals surface area contributed by atoms with Gasteiger partial charge < -0.3 is 5.32 Å². The molecule has 1 aliphatic heterocycles. The van der Waals surface area contributed by atoms with Crippen LogP contribution in [0, 0.1) is 5.92 Å². The second-order valence-electron chi connectivity index (χ2n) is 3.47. The Labute approximate surface area is 82.8 Å². The summed E-state index contributed by atoms with van der Waals surface area (Å²) in [6.45, 7) is 0. The molecule has 1 N–H and O–H groups in total. The Balaban J connectivity index is 0.000000653. The van der Waals surface area contributed by atoms with Crippen molar-refractivity contribution in [1.82, 2.24) is 5.32 Å². The van der Waals surface area contributed by atoms with Crippen LogP contribution in [0.15, 0.2) is 35.5 Å². The molecule has 1 fully saturated rings. The standard InChI is InChI=1S/C10H9NO.ClH/c12-10-8-5-7(8)6-3-1-2-4-9(6)11-10;/h1-4,8-9H,5H2,(H,11,12);1H. The van der Waals surface area contributed by atoms with Gasteiger partial charge in [0.05, 0.1) is 12.0 Å². The van der Waals surface area contributed by atoms with Crippen LogP contribution in [0.25, 0.3) is 0 Å². The molecule has 2 aliphatic carbocycles. The van der Waals surface area contributed by atoms with Gasteiger partial charge in [-0.15, -0.1) is 12.4 Å². The molecule has 13 heavy (non-hydrogen) atoms. The number of carbonyl (C=O) groups is 1. The first kappa shape index (κ1) is 8.57. The fourth-order valence-electron chi connectivity index (χ4n) is 1.96. The first-order chi connectivity index (χ1) is 5.86. The van der Waals surface area contributed by atoms with Crippen molar-refractivity contribution in [1.29, 1.82) is 0 Å². The topological polar surface area (TPSA) is 29.1 Å². The van der Waals surface area contributed by atoms with E-state index >= 15 is 0 Å². The monoisotopic (exact) mass is 195 g/mol. The lowest BCUT2D eigenvalue weighted by molar-refractivity contribution is -0.122. The fourth-order valence-corrected chi connectivity index (χ4v) is 1.96. The maximum Gasteiger partial charge on any atom is 0.228 e. The van der Waals surface area contributed by atoms with Crippen molar-refractivity contribution in [2.24, 2.45) is 5.92 Å². The van der Waals surface area contributed by atoms with Crippen LogP contribution in [0.1, 0.15) is 6.42 Å². The predicted octanol–water partition coefficient (Wildman–Crippen LogP) is 1.35. The van der Waals surface area contributed by atoms with Crippen molar-refractivity contribution in [3.05, 3.63) is 35.5 Å². The highest BCUT2D eigenvalue weighted by molar-refractivity contribution is 5.90. The summed E-state index contributed by atoms with van der Waals surface area (Å²) in [5.41, 5.74) is 2.67. The van der Waals surface area contributed by atoms with Crippen LogP contribution in [-0.2, 0) is 4.79 Å². The first-order valence-corrected chi connectivity index (χ1v) is 4.24. The largest absolute Gasteiger partial charge is 0.345 e. The Kier molecular flexibility index (Phi) is 1.81. The van der Waals surface area contributed by atoms with Crippen LogP contribution in [0.3, 0.4) is 0 Å². The van der Waals surface area contributed by atoms with Gasteiger partial charge in [0, 0.05) is 0 Å². The number of allylic oxidation sites excluding steroid dienone is 2. The highest BCUT2D eigenvalue weighted by atomic mass is 35.5. The van der Waals surface area contributed by atoms with E-state index in [0.717, 1.165) is 6.42 Å². The average Bonchev–Trinajstić information content (AvgIpc) is 2.84. The van der Waals surface area contributed by atoms with Crippen molar-refractivity contribution in [2.45, 2.75) is 12.5 Å². The smallest absolute Gasteiger partial charge is 0.228 e. The van der Waals surface area contributed by atoms with E-state index in [1.807, 2.05) is 18.2 Å². The molecule has 1 saturated carbocycles. The molecule has 0 aromatic rings. The Bertz CT molecular complexity index is 354. The number of fused-ring (bicyclic) bond motifs is 2. The summed E-state index contributed by atoms with van der Waals surface area (Å²) < 4.78 is 0. The normalized spacial score (nSPS) is 33.1. The molecule has 1 amide bonds. The van der Waals surface area contributed by atoms with E-state index < -0.39 is 0 Å². The maximum absolute atomic E-state index is 11.3. The summed E-state index contributed by atoms with van der Waals surface area (Å²) in [6.07, 6.45) is 9.15. The Morgan fingerprint density at radius 2 is 2.23 bits per heavy atom.